The van der Waals surface area contributed by atoms with Crippen LogP contribution in [0.2, 0.25) is 0 Å². The van der Waals surface area contributed by atoms with Gasteiger partial charge in [-0.3, -0.25) is 4.79 Å². The molecule has 3 unspecified atom stereocenters. The van der Waals surface area contributed by atoms with Crippen molar-refractivity contribution in [3.8, 4) is 0 Å². The summed E-state index contributed by atoms with van der Waals surface area (Å²) in [5, 5.41) is 3.29. The number of esters is 1. The largest absolute Gasteiger partial charge is 0.469 e. The molecule has 0 amide bonds. The first-order valence-electron chi connectivity index (χ1n) is 4.93. The molecule has 3 atom stereocenters. The van der Waals surface area contributed by atoms with E-state index < -0.39 is 0 Å². The molecule has 1 N–H and O–H groups in total. The maximum Gasteiger partial charge on any atom is 0.309 e. The number of methoxy groups -OCH3 is 1. The Bertz CT molecular complexity index is 182. The van der Waals surface area contributed by atoms with Crippen molar-refractivity contribution in [1.82, 2.24) is 5.32 Å². The van der Waals surface area contributed by atoms with Crippen LogP contribution >= 0.6 is 0 Å². The van der Waals surface area contributed by atoms with Crippen LogP contribution in [-0.2, 0) is 9.53 Å². The molecule has 13 heavy (non-hydrogen) atoms. The van der Waals surface area contributed by atoms with Crippen molar-refractivity contribution in [3.05, 3.63) is 0 Å². The maximum absolute atomic E-state index is 11.0. The predicted octanol–water partition coefficient (Wildman–Crippen LogP) is 1.04. The van der Waals surface area contributed by atoms with Crippen molar-refractivity contribution in [2.24, 2.45) is 17.8 Å². The Labute approximate surface area is 79.8 Å². The highest BCUT2D eigenvalue weighted by atomic mass is 16.5. The van der Waals surface area contributed by atoms with Gasteiger partial charge in [0, 0.05) is 6.54 Å². The molecular weight excluding hydrogens is 166 g/mol. The number of hydrogen-bond acceptors (Lipinski definition) is 3. The summed E-state index contributed by atoms with van der Waals surface area (Å²) in [5.41, 5.74) is 0. The minimum absolute atomic E-state index is 0.0287. The third-order valence-corrected chi connectivity index (χ3v) is 2.74. The minimum atomic E-state index is -0.128. The fraction of sp³-hybridized carbons (Fsp3) is 0.900. The molecule has 0 aromatic heterocycles. The summed E-state index contributed by atoms with van der Waals surface area (Å²) in [7, 11) is 1.43. The molecule has 3 heteroatoms. The molecule has 0 radical (unpaired) electrons. The van der Waals surface area contributed by atoms with E-state index >= 15 is 0 Å². The summed E-state index contributed by atoms with van der Waals surface area (Å²) >= 11 is 0. The Hall–Kier alpha value is -0.570. The molecule has 1 saturated carbocycles. The van der Waals surface area contributed by atoms with Crippen LogP contribution in [0.4, 0.5) is 0 Å². The molecule has 0 bridgehead atoms. The van der Waals surface area contributed by atoms with E-state index in [-0.39, 0.29) is 11.9 Å². The number of carbonyl (C=O) groups excluding carboxylic acids is 1. The lowest BCUT2D eigenvalue weighted by molar-refractivity contribution is -0.144. The first-order chi connectivity index (χ1) is 6.15. The van der Waals surface area contributed by atoms with Crippen molar-refractivity contribution >= 4 is 5.97 Å². The molecule has 76 valence electrons. The van der Waals surface area contributed by atoms with Gasteiger partial charge in [-0.25, -0.2) is 0 Å². The van der Waals surface area contributed by atoms with Crippen LogP contribution in [0.5, 0.6) is 0 Å². The van der Waals surface area contributed by atoms with Gasteiger partial charge in [0.05, 0.1) is 13.0 Å². The predicted molar refractivity (Wildman–Crippen MR) is 51.3 cm³/mol. The molecule has 1 rings (SSSR count). The lowest BCUT2D eigenvalue weighted by Crippen LogP contribution is -2.28. The molecular formula is C10H19NO2. The van der Waals surface area contributed by atoms with Crippen molar-refractivity contribution < 1.29 is 9.53 Å². The second kappa shape index (κ2) is 4.61. The first kappa shape index (κ1) is 10.5. The smallest absolute Gasteiger partial charge is 0.309 e. The normalized spacial score (nSPS) is 28.2. The Morgan fingerprint density at radius 3 is 2.77 bits per heavy atom. The third kappa shape index (κ3) is 3.35. The van der Waals surface area contributed by atoms with Gasteiger partial charge >= 0.3 is 5.97 Å². The Kier molecular flexibility index (Phi) is 3.72. The average Bonchev–Trinajstić information content (AvgIpc) is 2.80. The van der Waals surface area contributed by atoms with E-state index in [1.807, 2.05) is 6.92 Å². The molecule has 1 aliphatic rings. The average molecular weight is 185 g/mol. The van der Waals surface area contributed by atoms with E-state index in [2.05, 4.69) is 17.0 Å². The van der Waals surface area contributed by atoms with E-state index in [4.69, 9.17) is 0 Å². The van der Waals surface area contributed by atoms with E-state index in [9.17, 15) is 4.79 Å². The number of nitrogens with one attached hydrogen (secondary N) is 1. The zero-order valence-corrected chi connectivity index (χ0v) is 8.67. The van der Waals surface area contributed by atoms with Crippen molar-refractivity contribution in [2.75, 3.05) is 20.2 Å². The zero-order chi connectivity index (χ0) is 9.84. The topological polar surface area (TPSA) is 38.3 Å². The second-order valence-electron chi connectivity index (χ2n) is 4.06. The third-order valence-electron chi connectivity index (χ3n) is 2.74. The molecule has 0 spiro atoms. The molecule has 0 aromatic carbocycles. The van der Waals surface area contributed by atoms with Gasteiger partial charge in [-0.15, -0.1) is 0 Å². The number of ether oxygens (including phenoxy) is 1. The van der Waals surface area contributed by atoms with E-state index in [0.717, 1.165) is 24.9 Å². The Morgan fingerprint density at radius 2 is 2.31 bits per heavy atom. The molecule has 3 nitrogen and oxygen atoms in total. The second-order valence-corrected chi connectivity index (χ2v) is 4.06. The summed E-state index contributed by atoms with van der Waals surface area (Å²) in [5.74, 6) is 1.56. The van der Waals surface area contributed by atoms with Crippen molar-refractivity contribution in [1.29, 1.82) is 0 Å². The van der Waals surface area contributed by atoms with Crippen LogP contribution in [-0.4, -0.2) is 26.2 Å². The van der Waals surface area contributed by atoms with E-state index in [0.29, 0.717) is 0 Å². The van der Waals surface area contributed by atoms with Gasteiger partial charge in [-0.05, 0) is 24.8 Å². The highest BCUT2D eigenvalue weighted by Crippen LogP contribution is 2.36. The fourth-order valence-corrected chi connectivity index (χ4v) is 1.45. The van der Waals surface area contributed by atoms with Gasteiger partial charge in [0.2, 0.25) is 0 Å². The summed E-state index contributed by atoms with van der Waals surface area (Å²) in [6, 6.07) is 0. The quantitative estimate of drug-likeness (QED) is 0.650. The monoisotopic (exact) mass is 185 g/mol. The molecule has 0 heterocycles. The van der Waals surface area contributed by atoms with Crippen LogP contribution in [0.1, 0.15) is 20.3 Å². The molecule has 1 fully saturated rings. The van der Waals surface area contributed by atoms with Gasteiger partial charge in [-0.2, -0.15) is 0 Å². The number of hydrogen-bond donors (Lipinski definition) is 1. The van der Waals surface area contributed by atoms with Crippen molar-refractivity contribution in [3.63, 3.8) is 0 Å². The summed E-state index contributed by atoms with van der Waals surface area (Å²) in [6.07, 6.45) is 1.33. The standard InChI is InChI=1S/C10H19NO2/c1-7-4-9(7)6-11-5-8(2)10(12)13-3/h7-9,11H,4-6H2,1-3H3. The van der Waals surface area contributed by atoms with E-state index in [1.54, 1.807) is 0 Å². The highest BCUT2D eigenvalue weighted by molar-refractivity contribution is 5.71. The summed E-state index contributed by atoms with van der Waals surface area (Å²) in [4.78, 5) is 11.0. The Morgan fingerprint density at radius 1 is 1.69 bits per heavy atom. The summed E-state index contributed by atoms with van der Waals surface area (Å²) in [6.45, 7) is 5.92. The van der Waals surface area contributed by atoms with Crippen LogP contribution in [0.15, 0.2) is 0 Å². The van der Waals surface area contributed by atoms with Gasteiger partial charge in [0.15, 0.2) is 0 Å². The molecule has 0 aliphatic heterocycles. The minimum Gasteiger partial charge on any atom is -0.469 e. The maximum atomic E-state index is 11.0. The van der Waals surface area contributed by atoms with Crippen LogP contribution in [0, 0.1) is 17.8 Å². The zero-order valence-electron chi connectivity index (χ0n) is 8.67. The number of rotatable bonds is 5. The SMILES string of the molecule is COC(=O)C(C)CNCC1CC1C. The molecule has 0 aromatic rings. The van der Waals surface area contributed by atoms with Gasteiger partial charge in [0.25, 0.3) is 0 Å². The molecule has 1 aliphatic carbocycles. The van der Waals surface area contributed by atoms with Crippen LogP contribution in [0.3, 0.4) is 0 Å². The lowest BCUT2D eigenvalue weighted by atomic mass is 10.2. The fourth-order valence-electron chi connectivity index (χ4n) is 1.45. The van der Waals surface area contributed by atoms with Gasteiger partial charge < -0.3 is 10.1 Å². The van der Waals surface area contributed by atoms with Crippen LogP contribution in [0.25, 0.3) is 0 Å². The van der Waals surface area contributed by atoms with Crippen LogP contribution < -0.4 is 5.32 Å². The molecule has 0 saturated heterocycles. The lowest BCUT2D eigenvalue weighted by Gasteiger charge is -2.09. The summed E-state index contributed by atoms with van der Waals surface area (Å²) < 4.78 is 4.63. The van der Waals surface area contributed by atoms with Gasteiger partial charge in [0.1, 0.15) is 0 Å². The highest BCUT2D eigenvalue weighted by Gasteiger charge is 2.31. The Balaban J connectivity index is 2.01. The van der Waals surface area contributed by atoms with Crippen molar-refractivity contribution in [2.45, 2.75) is 20.3 Å². The first-order valence-corrected chi connectivity index (χ1v) is 4.93. The number of carbonyl (C=O) groups is 1. The van der Waals surface area contributed by atoms with E-state index in [1.165, 1.54) is 13.5 Å². The van der Waals surface area contributed by atoms with Gasteiger partial charge in [-0.1, -0.05) is 13.8 Å².